The highest BCUT2D eigenvalue weighted by atomic mass is 16.2. The molecular formula is C28H32N2O. The van der Waals surface area contributed by atoms with Crippen molar-refractivity contribution in [1.82, 2.24) is 9.47 Å². The Morgan fingerprint density at radius 1 is 0.903 bits per heavy atom. The van der Waals surface area contributed by atoms with Crippen LogP contribution in [-0.2, 0) is 24.2 Å². The van der Waals surface area contributed by atoms with Crippen molar-refractivity contribution >= 4 is 16.8 Å². The highest BCUT2D eigenvalue weighted by Crippen LogP contribution is 2.44. The van der Waals surface area contributed by atoms with Gasteiger partial charge in [0.25, 0.3) is 0 Å². The Bertz CT molecular complexity index is 1110. The van der Waals surface area contributed by atoms with Crippen LogP contribution in [0.3, 0.4) is 0 Å². The van der Waals surface area contributed by atoms with E-state index in [2.05, 4.69) is 39.8 Å². The summed E-state index contributed by atoms with van der Waals surface area (Å²) in [6.07, 6.45) is 10.8. The summed E-state index contributed by atoms with van der Waals surface area (Å²) in [5.74, 6) is 1.02. The van der Waals surface area contributed by atoms with Crippen LogP contribution in [0.15, 0.2) is 48.5 Å². The van der Waals surface area contributed by atoms with Gasteiger partial charge in [-0.05, 0) is 66.8 Å². The highest BCUT2D eigenvalue weighted by Gasteiger charge is 2.37. The first-order chi connectivity index (χ1) is 15.3. The molecule has 3 aromatic rings. The molecule has 2 heterocycles. The number of amides is 1. The number of nitrogens with zero attached hydrogens (tertiary/aromatic N) is 2. The summed E-state index contributed by atoms with van der Waals surface area (Å²) < 4.78 is 2.55. The van der Waals surface area contributed by atoms with E-state index in [1.165, 1.54) is 60.7 Å². The molecule has 0 saturated heterocycles. The summed E-state index contributed by atoms with van der Waals surface area (Å²) in [4.78, 5) is 15.5. The Morgan fingerprint density at radius 3 is 2.58 bits per heavy atom. The monoisotopic (exact) mass is 412 g/mol. The number of carbonyl (C=O) groups is 1. The first-order valence-corrected chi connectivity index (χ1v) is 12.3. The van der Waals surface area contributed by atoms with Crippen molar-refractivity contribution in [2.45, 2.75) is 76.3 Å². The Kier molecular flexibility index (Phi) is 4.85. The van der Waals surface area contributed by atoms with Gasteiger partial charge in [-0.3, -0.25) is 4.79 Å². The fraction of sp³-hybridized carbons (Fsp3) is 0.464. The minimum Gasteiger partial charge on any atom is -0.341 e. The molecule has 3 aliphatic rings. The SMILES string of the molecule is O=C(Cc1ccccc1)N1CCn2c3c(c4cc(C5CCCCC5)ccc42)CCCC31. The fourth-order valence-corrected chi connectivity index (χ4v) is 6.48. The number of fused-ring (bicyclic) bond motifs is 3. The van der Waals surface area contributed by atoms with Gasteiger partial charge < -0.3 is 9.47 Å². The van der Waals surface area contributed by atoms with Gasteiger partial charge in [-0.1, -0.05) is 55.7 Å². The third kappa shape index (κ3) is 3.30. The summed E-state index contributed by atoms with van der Waals surface area (Å²) in [7, 11) is 0. The molecule has 0 N–H and O–H groups in total. The maximum atomic E-state index is 13.3. The zero-order valence-electron chi connectivity index (χ0n) is 18.4. The van der Waals surface area contributed by atoms with E-state index < -0.39 is 0 Å². The zero-order valence-corrected chi connectivity index (χ0v) is 18.4. The van der Waals surface area contributed by atoms with Gasteiger partial charge in [-0.15, -0.1) is 0 Å². The van der Waals surface area contributed by atoms with Crippen molar-refractivity contribution in [3.63, 3.8) is 0 Å². The minimum absolute atomic E-state index is 0.249. The van der Waals surface area contributed by atoms with E-state index in [-0.39, 0.29) is 11.9 Å². The lowest BCUT2D eigenvalue weighted by Crippen LogP contribution is -2.44. The van der Waals surface area contributed by atoms with E-state index >= 15 is 0 Å². The van der Waals surface area contributed by atoms with E-state index in [1.807, 2.05) is 18.2 Å². The minimum atomic E-state index is 0.249. The van der Waals surface area contributed by atoms with Crippen molar-refractivity contribution in [1.29, 1.82) is 0 Å². The number of aromatic nitrogens is 1. The van der Waals surface area contributed by atoms with Gasteiger partial charge in [0.05, 0.1) is 12.5 Å². The van der Waals surface area contributed by atoms with Crippen LogP contribution in [0.5, 0.6) is 0 Å². The summed E-state index contributed by atoms with van der Waals surface area (Å²) in [5, 5.41) is 1.47. The Balaban J connectivity index is 1.35. The molecular weight excluding hydrogens is 380 g/mol. The van der Waals surface area contributed by atoms with Crippen LogP contribution in [0.4, 0.5) is 0 Å². The van der Waals surface area contributed by atoms with Crippen LogP contribution >= 0.6 is 0 Å². The molecule has 160 valence electrons. The summed E-state index contributed by atoms with van der Waals surface area (Å²) in [6.45, 7) is 1.75. The van der Waals surface area contributed by atoms with Crippen molar-refractivity contribution in [2.24, 2.45) is 0 Å². The second-order valence-corrected chi connectivity index (χ2v) is 9.78. The maximum absolute atomic E-state index is 13.3. The smallest absolute Gasteiger partial charge is 0.227 e. The predicted octanol–water partition coefficient (Wildman–Crippen LogP) is 6.15. The number of rotatable bonds is 3. The lowest BCUT2D eigenvalue weighted by atomic mass is 9.83. The topological polar surface area (TPSA) is 25.2 Å². The van der Waals surface area contributed by atoms with Crippen molar-refractivity contribution in [3.8, 4) is 0 Å². The lowest BCUT2D eigenvalue weighted by molar-refractivity contribution is -0.134. The van der Waals surface area contributed by atoms with Crippen LogP contribution in [0.1, 0.15) is 79.3 Å². The quantitative estimate of drug-likeness (QED) is 0.506. The van der Waals surface area contributed by atoms with Crippen LogP contribution in [-0.4, -0.2) is 21.9 Å². The average Bonchev–Trinajstić information content (AvgIpc) is 3.15. The van der Waals surface area contributed by atoms with E-state index in [1.54, 1.807) is 5.56 Å². The van der Waals surface area contributed by atoms with Gasteiger partial charge in [0.1, 0.15) is 0 Å². The molecule has 1 unspecified atom stereocenters. The van der Waals surface area contributed by atoms with Gasteiger partial charge in [0.2, 0.25) is 5.91 Å². The zero-order chi connectivity index (χ0) is 20.8. The van der Waals surface area contributed by atoms with E-state index in [0.717, 1.165) is 37.4 Å². The predicted molar refractivity (Wildman–Crippen MR) is 125 cm³/mol. The van der Waals surface area contributed by atoms with E-state index in [4.69, 9.17) is 0 Å². The van der Waals surface area contributed by atoms with Crippen LogP contribution in [0, 0.1) is 0 Å². The van der Waals surface area contributed by atoms with Crippen LogP contribution in [0.25, 0.3) is 10.9 Å². The molecule has 1 fully saturated rings. The number of hydrogen-bond acceptors (Lipinski definition) is 1. The normalized spacial score (nSPS) is 21.3. The fourth-order valence-electron chi connectivity index (χ4n) is 6.48. The van der Waals surface area contributed by atoms with Gasteiger partial charge >= 0.3 is 0 Å². The first-order valence-electron chi connectivity index (χ1n) is 12.3. The summed E-state index contributed by atoms with van der Waals surface area (Å²) in [5.41, 5.74) is 7.03. The van der Waals surface area contributed by atoms with Gasteiger partial charge in [0, 0.05) is 29.7 Å². The third-order valence-electron chi connectivity index (χ3n) is 7.99. The van der Waals surface area contributed by atoms with Gasteiger partial charge in [0.15, 0.2) is 0 Å². The molecule has 3 heteroatoms. The second kappa shape index (κ2) is 7.85. The van der Waals surface area contributed by atoms with Crippen LogP contribution in [0.2, 0.25) is 0 Å². The van der Waals surface area contributed by atoms with E-state index in [0.29, 0.717) is 6.42 Å². The molecule has 1 amide bonds. The molecule has 31 heavy (non-hydrogen) atoms. The molecule has 3 nitrogen and oxygen atoms in total. The first kappa shape index (κ1) is 19.2. The largest absolute Gasteiger partial charge is 0.341 e. The van der Waals surface area contributed by atoms with Gasteiger partial charge in [-0.2, -0.15) is 0 Å². The molecule has 0 bridgehead atoms. The summed E-state index contributed by atoms with van der Waals surface area (Å²) in [6, 6.07) is 17.8. The standard InChI is InChI=1S/C28H32N2O/c31-27(18-20-8-3-1-4-9-20)29-16-17-30-25-15-14-22(21-10-5-2-6-11-21)19-24(25)23-12-7-13-26(29)28(23)30/h1,3-4,8-9,14-15,19,21,26H,2,5-7,10-13,16-18H2. The Hall–Kier alpha value is -2.55. The second-order valence-electron chi connectivity index (χ2n) is 9.78. The highest BCUT2D eigenvalue weighted by molar-refractivity contribution is 5.88. The maximum Gasteiger partial charge on any atom is 0.227 e. The van der Waals surface area contributed by atoms with Crippen molar-refractivity contribution in [3.05, 3.63) is 70.9 Å². The van der Waals surface area contributed by atoms with Crippen LogP contribution < -0.4 is 0 Å². The third-order valence-corrected chi connectivity index (χ3v) is 7.99. The molecule has 6 rings (SSSR count). The molecule has 0 radical (unpaired) electrons. The summed E-state index contributed by atoms with van der Waals surface area (Å²) >= 11 is 0. The number of benzene rings is 2. The van der Waals surface area contributed by atoms with Gasteiger partial charge in [-0.25, -0.2) is 0 Å². The van der Waals surface area contributed by atoms with Crippen molar-refractivity contribution in [2.75, 3.05) is 6.54 Å². The molecule has 2 aromatic carbocycles. The van der Waals surface area contributed by atoms with Crippen molar-refractivity contribution < 1.29 is 4.79 Å². The molecule has 2 aliphatic carbocycles. The number of carbonyl (C=O) groups excluding carboxylic acids is 1. The lowest BCUT2D eigenvalue weighted by Gasteiger charge is -2.40. The number of hydrogen-bond donors (Lipinski definition) is 0. The Labute approximate surface area is 185 Å². The molecule has 1 saturated carbocycles. The van der Waals surface area contributed by atoms with E-state index in [9.17, 15) is 4.79 Å². The Morgan fingerprint density at radius 2 is 1.74 bits per heavy atom. The molecule has 1 aliphatic heterocycles. The average molecular weight is 413 g/mol. The number of aryl methyl sites for hydroxylation is 1. The molecule has 1 aromatic heterocycles. The molecule has 0 spiro atoms. The molecule has 1 atom stereocenters.